The minimum atomic E-state index is -1.22. The molecule has 14 heavy (non-hydrogen) atoms. The molecule has 0 saturated heterocycles. The van der Waals surface area contributed by atoms with Crippen LogP contribution in [0.25, 0.3) is 0 Å². The van der Waals surface area contributed by atoms with Gasteiger partial charge in [-0.2, -0.15) is 0 Å². The maximum atomic E-state index is 10.4. The van der Waals surface area contributed by atoms with Crippen molar-refractivity contribution in [1.82, 2.24) is 4.98 Å². The van der Waals surface area contributed by atoms with Gasteiger partial charge in [0, 0.05) is 12.3 Å². The van der Waals surface area contributed by atoms with Crippen LogP contribution in [-0.4, -0.2) is 27.6 Å². The molecule has 1 rings (SSSR count). The van der Waals surface area contributed by atoms with Crippen LogP contribution in [0.2, 0.25) is 0 Å². The Morgan fingerprint density at radius 1 is 1.71 bits per heavy atom. The summed E-state index contributed by atoms with van der Waals surface area (Å²) in [5.41, 5.74) is -0.353. The molecule has 7 nitrogen and oxygen atoms in total. The van der Waals surface area contributed by atoms with Gasteiger partial charge in [0.15, 0.2) is 6.61 Å². The lowest BCUT2D eigenvalue weighted by atomic mass is 10.4. The summed E-state index contributed by atoms with van der Waals surface area (Å²) >= 11 is 0. The molecule has 0 aliphatic heterocycles. The Balaban J connectivity index is 2.84. The van der Waals surface area contributed by atoms with Gasteiger partial charge in [-0.05, 0) is 6.07 Å². The van der Waals surface area contributed by atoms with E-state index in [9.17, 15) is 14.9 Å². The standard InChI is InChI=1S/C7H6N2O5/c10-6(11)4-14-7-5(9(12)13)2-1-3-8-7/h1-3H,4H2,(H,10,11). The third kappa shape index (κ3) is 2.41. The maximum Gasteiger partial charge on any atom is 0.341 e. The predicted octanol–water partition coefficient (Wildman–Crippen LogP) is 0.453. The molecule has 1 aromatic heterocycles. The second kappa shape index (κ2) is 4.17. The van der Waals surface area contributed by atoms with E-state index in [1.807, 2.05) is 0 Å². The van der Waals surface area contributed by atoms with Crippen LogP contribution in [0.1, 0.15) is 0 Å². The van der Waals surface area contributed by atoms with Crippen LogP contribution in [0.15, 0.2) is 18.3 Å². The minimum Gasteiger partial charge on any atom is -0.479 e. The molecule has 7 heteroatoms. The summed E-state index contributed by atoms with van der Waals surface area (Å²) in [6.07, 6.45) is 1.28. The first-order chi connectivity index (χ1) is 6.61. The summed E-state index contributed by atoms with van der Waals surface area (Å²) in [5.74, 6) is -1.51. The Labute approximate surface area is 78.1 Å². The van der Waals surface area contributed by atoms with Crippen LogP contribution in [0.3, 0.4) is 0 Å². The average molecular weight is 198 g/mol. The normalized spacial score (nSPS) is 9.43. The summed E-state index contributed by atoms with van der Waals surface area (Å²) in [5, 5.41) is 18.7. The number of carboxylic acids is 1. The number of aliphatic carboxylic acids is 1. The van der Waals surface area contributed by atoms with E-state index in [4.69, 9.17) is 5.11 Å². The van der Waals surface area contributed by atoms with E-state index < -0.39 is 17.5 Å². The molecule has 74 valence electrons. The Hall–Kier alpha value is -2.18. The number of hydrogen-bond donors (Lipinski definition) is 1. The summed E-state index contributed by atoms with van der Waals surface area (Å²) < 4.78 is 4.61. The van der Waals surface area contributed by atoms with Crippen LogP contribution in [0.4, 0.5) is 5.69 Å². The Kier molecular flexibility index (Phi) is 2.95. The summed E-state index contributed by atoms with van der Waals surface area (Å²) in [7, 11) is 0. The van der Waals surface area contributed by atoms with Crippen molar-refractivity contribution in [2.45, 2.75) is 0 Å². The van der Waals surface area contributed by atoms with Crippen LogP contribution in [0.5, 0.6) is 5.88 Å². The lowest BCUT2D eigenvalue weighted by Crippen LogP contribution is -2.11. The van der Waals surface area contributed by atoms with Gasteiger partial charge in [-0.3, -0.25) is 10.1 Å². The van der Waals surface area contributed by atoms with Gasteiger partial charge in [0.25, 0.3) is 5.88 Å². The summed E-state index contributed by atoms with van der Waals surface area (Å²) in [6.45, 7) is -0.655. The van der Waals surface area contributed by atoms with Gasteiger partial charge >= 0.3 is 11.7 Å². The van der Waals surface area contributed by atoms with Crippen LogP contribution in [0, 0.1) is 10.1 Å². The number of nitro groups is 1. The van der Waals surface area contributed by atoms with E-state index in [0.29, 0.717) is 0 Å². The highest BCUT2D eigenvalue weighted by Gasteiger charge is 2.16. The molecule has 0 radical (unpaired) electrons. The molecule has 0 saturated carbocycles. The predicted molar refractivity (Wildman–Crippen MR) is 44.0 cm³/mol. The number of pyridine rings is 1. The van der Waals surface area contributed by atoms with Crippen molar-refractivity contribution in [3.8, 4) is 5.88 Å². The molecule has 0 aliphatic carbocycles. The first-order valence-electron chi connectivity index (χ1n) is 3.55. The molecule has 0 spiro atoms. The second-order valence-corrected chi connectivity index (χ2v) is 2.27. The van der Waals surface area contributed by atoms with Gasteiger partial charge in [0.05, 0.1) is 4.92 Å². The highest BCUT2D eigenvalue weighted by molar-refractivity contribution is 5.68. The Bertz CT molecular complexity index is 365. The highest BCUT2D eigenvalue weighted by atomic mass is 16.6. The fourth-order valence-electron chi connectivity index (χ4n) is 0.763. The van der Waals surface area contributed by atoms with Crippen molar-refractivity contribution in [2.24, 2.45) is 0 Å². The second-order valence-electron chi connectivity index (χ2n) is 2.27. The number of carboxylic acid groups (broad SMARTS) is 1. The monoisotopic (exact) mass is 198 g/mol. The van der Waals surface area contributed by atoms with Gasteiger partial charge in [-0.15, -0.1) is 0 Å². The van der Waals surface area contributed by atoms with Gasteiger partial charge in [0.2, 0.25) is 0 Å². The lowest BCUT2D eigenvalue weighted by Gasteiger charge is -2.01. The molecule has 0 aromatic carbocycles. The van der Waals surface area contributed by atoms with Crippen molar-refractivity contribution in [3.05, 3.63) is 28.4 Å². The highest BCUT2D eigenvalue weighted by Crippen LogP contribution is 2.22. The van der Waals surface area contributed by atoms with Gasteiger partial charge in [-0.25, -0.2) is 9.78 Å². The topological polar surface area (TPSA) is 103 Å². The van der Waals surface area contributed by atoms with Gasteiger partial charge in [0.1, 0.15) is 0 Å². The molecular formula is C7H6N2O5. The summed E-state index contributed by atoms with van der Waals surface area (Å²) in [4.78, 5) is 23.4. The molecule has 0 fully saturated rings. The van der Waals surface area contributed by atoms with E-state index in [-0.39, 0.29) is 11.6 Å². The molecule has 1 N–H and O–H groups in total. The van der Waals surface area contributed by atoms with Gasteiger partial charge < -0.3 is 9.84 Å². The number of rotatable bonds is 4. The van der Waals surface area contributed by atoms with Crippen molar-refractivity contribution in [1.29, 1.82) is 0 Å². The lowest BCUT2D eigenvalue weighted by molar-refractivity contribution is -0.386. The van der Waals surface area contributed by atoms with Crippen LogP contribution >= 0.6 is 0 Å². The Morgan fingerprint density at radius 3 is 3.00 bits per heavy atom. The number of hydrogen-bond acceptors (Lipinski definition) is 5. The maximum absolute atomic E-state index is 10.4. The van der Waals surface area contributed by atoms with E-state index in [0.717, 1.165) is 0 Å². The third-order valence-electron chi connectivity index (χ3n) is 1.28. The first-order valence-corrected chi connectivity index (χ1v) is 3.55. The van der Waals surface area contributed by atoms with Gasteiger partial charge in [-0.1, -0.05) is 0 Å². The van der Waals surface area contributed by atoms with Crippen molar-refractivity contribution < 1.29 is 19.6 Å². The molecule has 0 atom stereocenters. The SMILES string of the molecule is O=C(O)COc1ncccc1[N+](=O)[O-]. The molecule has 0 bridgehead atoms. The Morgan fingerprint density at radius 2 is 2.43 bits per heavy atom. The van der Waals surface area contributed by atoms with Crippen molar-refractivity contribution in [2.75, 3.05) is 6.61 Å². The smallest absolute Gasteiger partial charge is 0.341 e. The van der Waals surface area contributed by atoms with E-state index in [2.05, 4.69) is 9.72 Å². The molecular weight excluding hydrogens is 192 g/mol. The summed E-state index contributed by atoms with van der Waals surface area (Å²) in [6, 6.07) is 2.55. The van der Waals surface area contributed by atoms with Crippen molar-refractivity contribution >= 4 is 11.7 Å². The number of ether oxygens (including phenoxy) is 1. The average Bonchev–Trinajstić information content (AvgIpc) is 2.15. The fourth-order valence-corrected chi connectivity index (χ4v) is 0.763. The number of carbonyl (C=O) groups is 1. The number of nitrogens with zero attached hydrogens (tertiary/aromatic N) is 2. The van der Waals surface area contributed by atoms with Crippen molar-refractivity contribution in [3.63, 3.8) is 0 Å². The minimum absolute atomic E-state index is 0.292. The molecule has 1 heterocycles. The molecule has 1 aromatic rings. The molecule has 0 aliphatic rings. The first kappa shape index (κ1) is 9.90. The van der Waals surface area contributed by atoms with E-state index in [1.165, 1.54) is 18.3 Å². The zero-order chi connectivity index (χ0) is 10.6. The molecule has 0 amide bonds. The zero-order valence-electron chi connectivity index (χ0n) is 6.91. The molecule has 0 unspecified atom stereocenters. The zero-order valence-corrected chi connectivity index (χ0v) is 6.91. The fraction of sp³-hybridized carbons (Fsp3) is 0.143. The number of aromatic nitrogens is 1. The van der Waals surface area contributed by atoms with Crippen LogP contribution < -0.4 is 4.74 Å². The largest absolute Gasteiger partial charge is 0.479 e. The van der Waals surface area contributed by atoms with E-state index >= 15 is 0 Å². The quantitative estimate of drug-likeness (QED) is 0.556. The van der Waals surface area contributed by atoms with Crippen LogP contribution in [-0.2, 0) is 4.79 Å². The third-order valence-corrected chi connectivity index (χ3v) is 1.28. The van der Waals surface area contributed by atoms with E-state index in [1.54, 1.807) is 0 Å².